The minimum atomic E-state index is -0.682. The predicted molar refractivity (Wildman–Crippen MR) is 181 cm³/mol. The Bertz CT molecular complexity index is 2160. The molecule has 2 aliphatic rings. The molecule has 0 bridgehead atoms. The third-order valence-electron chi connectivity index (χ3n) is 8.38. The maximum Gasteiger partial charge on any atom is 0.740 e. The number of rotatable bonds is 6. The van der Waals surface area contributed by atoms with E-state index in [-0.39, 0.29) is 0 Å². The highest BCUT2D eigenvalue weighted by Crippen LogP contribution is 2.46. The minimum Gasteiger partial charge on any atom is -0.448 e. The Morgan fingerprint density at radius 3 is 1.69 bits per heavy atom. The maximum atomic E-state index is 11.1. The van der Waals surface area contributed by atoms with Gasteiger partial charge in [-0.05, 0) is 47.0 Å². The van der Waals surface area contributed by atoms with Crippen LogP contribution in [0.1, 0.15) is 16.8 Å². The molecular weight excluding hydrogens is 549 g/mol. The average Bonchev–Trinajstić information content (AvgIpc) is 3.71. The molecule has 0 unspecified atom stereocenters. The van der Waals surface area contributed by atoms with E-state index in [9.17, 15) is 5.26 Å². The topological polar surface area (TPSA) is 41.0 Å². The van der Waals surface area contributed by atoms with Crippen molar-refractivity contribution in [1.82, 2.24) is 4.48 Å². The largest absolute Gasteiger partial charge is 0.740 e. The van der Waals surface area contributed by atoms with Gasteiger partial charge in [-0.2, -0.15) is 0 Å². The van der Waals surface area contributed by atoms with Gasteiger partial charge >= 0.3 is 6.98 Å². The van der Waals surface area contributed by atoms with Crippen molar-refractivity contribution in [2.24, 2.45) is 0 Å². The molecule has 2 aliphatic heterocycles. The summed E-state index contributed by atoms with van der Waals surface area (Å²) >= 11 is 0. The second-order valence-electron chi connectivity index (χ2n) is 11.0. The van der Waals surface area contributed by atoms with Crippen LogP contribution < -0.4 is 4.74 Å². The van der Waals surface area contributed by atoms with E-state index in [0.717, 1.165) is 61.9 Å². The number of hydrogen-bond acceptors (Lipinski definition) is 2. The van der Waals surface area contributed by atoms with Crippen molar-refractivity contribution in [2.75, 3.05) is 0 Å². The first kappa shape index (κ1) is 26.5. The lowest BCUT2D eigenvalue weighted by Gasteiger charge is -2.24. The van der Waals surface area contributed by atoms with Gasteiger partial charge in [-0.1, -0.05) is 127 Å². The number of para-hydroxylation sites is 1. The highest BCUT2D eigenvalue weighted by molar-refractivity contribution is 6.60. The molecule has 0 saturated carbocycles. The zero-order chi connectivity index (χ0) is 30.2. The molecule has 0 atom stereocenters. The number of benzene rings is 5. The summed E-state index contributed by atoms with van der Waals surface area (Å²) in [5.41, 5.74) is 9.82. The normalized spacial score (nSPS) is 13.7. The molecule has 6 aromatic rings. The van der Waals surface area contributed by atoms with Gasteiger partial charge in [0.1, 0.15) is 11.7 Å². The van der Waals surface area contributed by atoms with Crippen LogP contribution in [0.15, 0.2) is 169 Å². The summed E-state index contributed by atoms with van der Waals surface area (Å²) < 4.78 is 11.3. The molecule has 45 heavy (non-hydrogen) atoms. The monoisotopic (exact) mass is 576 g/mol. The first-order valence-corrected chi connectivity index (χ1v) is 15.0. The lowest BCUT2D eigenvalue weighted by molar-refractivity contribution is -0.319. The number of nitrogens with zero attached hydrogens (tertiary/aromatic N) is 3. The lowest BCUT2D eigenvalue weighted by atomic mass is 9.73. The van der Waals surface area contributed by atoms with Crippen molar-refractivity contribution in [1.29, 1.82) is 5.26 Å². The van der Waals surface area contributed by atoms with Gasteiger partial charge in [0.2, 0.25) is 11.5 Å². The molecule has 0 saturated heterocycles. The lowest BCUT2D eigenvalue weighted by Crippen LogP contribution is -2.44. The summed E-state index contributed by atoms with van der Waals surface area (Å²) in [6, 6.07) is 53.4. The van der Waals surface area contributed by atoms with Gasteiger partial charge in [-0.3, -0.25) is 0 Å². The van der Waals surface area contributed by atoms with Crippen molar-refractivity contribution in [3.05, 3.63) is 186 Å². The molecule has 3 heterocycles. The SMILES string of the molecule is N#CB1n2c(-c3ccccc3)cc(-c3ccccc3)c2C(Oc2ccccc2)=C2C(c3ccccc3)=CC(c3ccccc3)=[N+]12. The average molecular weight is 576 g/mol. The molecule has 8 rings (SSSR count). The molecule has 0 spiro atoms. The molecule has 0 amide bonds. The van der Waals surface area contributed by atoms with Gasteiger partial charge in [0.15, 0.2) is 5.71 Å². The molecule has 4 nitrogen and oxygen atoms in total. The van der Waals surface area contributed by atoms with Gasteiger partial charge in [0.05, 0.1) is 11.3 Å². The number of hydrogen-bond donors (Lipinski definition) is 0. The molecule has 1 aromatic heterocycles. The predicted octanol–water partition coefficient (Wildman–Crippen LogP) is 8.58. The fourth-order valence-electron chi connectivity index (χ4n) is 6.41. The fraction of sp³-hybridized carbons (Fsp3) is 0. The quantitative estimate of drug-likeness (QED) is 0.186. The third-order valence-corrected chi connectivity index (χ3v) is 8.38. The highest BCUT2D eigenvalue weighted by atomic mass is 16.5. The molecule has 5 aromatic carbocycles. The van der Waals surface area contributed by atoms with E-state index in [1.54, 1.807) is 0 Å². The Balaban J connectivity index is 1.53. The Morgan fingerprint density at radius 1 is 0.600 bits per heavy atom. The van der Waals surface area contributed by atoms with Crippen LogP contribution in [0, 0.1) is 11.2 Å². The molecular formula is C40H27BN3O+. The first-order valence-electron chi connectivity index (χ1n) is 15.0. The van der Waals surface area contributed by atoms with Gasteiger partial charge in [-0.25, -0.2) is 9.75 Å². The van der Waals surface area contributed by atoms with E-state index in [0.29, 0.717) is 5.76 Å². The third kappa shape index (κ3) is 4.52. The summed E-state index contributed by atoms with van der Waals surface area (Å²) in [7, 11) is 0. The van der Waals surface area contributed by atoms with Crippen LogP contribution in [-0.2, 0) is 0 Å². The maximum absolute atomic E-state index is 11.1. The van der Waals surface area contributed by atoms with Crippen LogP contribution in [0.25, 0.3) is 33.7 Å². The van der Waals surface area contributed by atoms with E-state index in [2.05, 4.69) is 99.9 Å². The van der Waals surface area contributed by atoms with Crippen molar-refractivity contribution in [3.8, 4) is 34.1 Å². The summed E-state index contributed by atoms with van der Waals surface area (Å²) in [5.74, 6) is 4.14. The standard InChI is InChI=1S/C40H27BN3O/c42-28-41-43-36(31-20-10-3-11-21-31)26-34(29-16-6-1-7-17-29)38(43)40(45-33-24-14-5-15-25-33)39-35(30-18-8-2-9-19-30)27-37(44(39)41)32-22-12-4-13-23-32/h1-27H/q+1. The van der Waals surface area contributed by atoms with Crippen molar-refractivity contribution >= 4 is 24.0 Å². The van der Waals surface area contributed by atoms with E-state index in [4.69, 9.17) is 4.74 Å². The smallest absolute Gasteiger partial charge is 0.448 e. The Hall–Kier alpha value is -6.12. The molecule has 0 radical (unpaired) electrons. The molecule has 5 heteroatoms. The summed E-state index contributed by atoms with van der Waals surface area (Å²) in [6.45, 7) is -0.682. The summed E-state index contributed by atoms with van der Waals surface area (Å²) in [5, 5.41) is 11.1. The molecule has 0 aliphatic carbocycles. The van der Waals surface area contributed by atoms with Crippen LogP contribution in [0.2, 0.25) is 0 Å². The van der Waals surface area contributed by atoms with E-state index in [1.807, 2.05) is 78.9 Å². The Kier molecular flexibility index (Phi) is 6.59. The number of fused-ring (bicyclic) bond motifs is 2. The zero-order valence-corrected chi connectivity index (χ0v) is 24.4. The second kappa shape index (κ2) is 11.2. The van der Waals surface area contributed by atoms with Gasteiger partial charge in [-0.15, -0.1) is 0 Å². The summed E-state index contributed by atoms with van der Waals surface area (Å²) in [6.07, 6.45) is 2.20. The minimum absolute atomic E-state index is 0.682. The van der Waals surface area contributed by atoms with Gasteiger partial charge in [0.25, 0.3) is 0 Å². The van der Waals surface area contributed by atoms with E-state index < -0.39 is 6.98 Å². The van der Waals surface area contributed by atoms with Crippen molar-refractivity contribution < 1.29 is 9.22 Å². The van der Waals surface area contributed by atoms with Crippen LogP contribution in [0.3, 0.4) is 0 Å². The van der Waals surface area contributed by atoms with Crippen molar-refractivity contribution in [3.63, 3.8) is 0 Å². The Morgan fingerprint density at radius 2 is 1.11 bits per heavy atom. The second-order valence-corrected chi connectivity index (χ2v) is 11.0. The van der Waals surface area contributed by atoms with Crippen LogP contribution in [0.4, 0.5) is 0 Å². The fourth-order valence-corrected chi connectivity index (χ4v) is 6.41. The van der Waals surface area contributed by atoms with Crippen LogP contribution in [-0.4, -0.2) is 21.7 Å². The van der Waals surface area contributed by atoms with Crippen LogP contribution in [0.5, 0.6) is 5.75 Å². The molecule has 0 N–H and O–H groups in total. The molecule has 210 valence electrons. The van der Waals surface area contributed by atoms with Gasteiger partial charge in [0, 0.05) is 22.9 Å². The van der Waals surface area contributed by atoms with Crippen LogP contribution >= 0.6 is 0 Å². The number of nitriles is 1. The van der Waals surface area contributed by atoms with Crippen molar-refractivity contribution in [2.45, 2.75) is 0 Å². The van der Waals surface area contributed by atoms with E-state index in [1.165, 1.54) is 0 Å². The van der Waals surface area contributed by atoms with Gasteiger partial charge < -0.3 is 9.21 Å². The highest BCUT2D eigenvalue weighted by Gasteiger charge is 2.54. The summed E-state index contributed by atoms with van der Waals surface area (Å²) in [4.78, 5) is 0. The number of aromatic nitrogens is 1. The zero-order valence-electron chi connectivity index (χ0n) is 24.4. The first-order chi connectivity index (χ1) is 22.3. The molecule has 0 fully saturated rings. The Labute approximate surface area is 262 Å². The number of ether oxygens (including phenoxy) is 1. The van der Waals surface area contributed by atoms with E-state index >= 15 is 0 Å². The number of allylic oxidation sites excluding steroid dienone is 2.